The molecule has 1 aromatic carbocycles. The predicted molar refractivity (Wildman–Crippen MR) is 141 cm³/mol. The molecule has 3 aromatic rings. The zero-order valence-corrected chi connectivity index (χ0v) is 20.9. The molecule has 0 saturated carbocycles. The van der Waals surface area contributed by atoms with E-state index in [1.807, 2.05) is 17.0 Å². The van der Waals surface area contributed by atoms with Gasteiger partial charge >= 0.3 is 0 Å². The quantitative estimate of drug-likeness (QED) is 0.296. The number of hydrogen-bond donors (Lipinski definition) is 2. The summed E-state index contributed by atoms with van der Waals surface area (Å²) in [5, 5.41) is 7.86. The van der Waals surface area contributed by atoms with E-state index in [2.05, 4.69) is 15.9 Å². The Hall–Kier alpha value is -2.79. The van der Waals surface area contributed by atoms with E-state index < -0.39 is 0 Å². The van der Waals surface area contributed by atoms with Gasteiger partial charge in [-0.2, -0.15) is 0 Å². The van der Waals surface area contributed by atoms with Crippen molar-refractivity contribution in [3.63, 3.8) is 0 Å². The van der Waals surface area contributed by atoms with Crippen LogP contribution in [0.4, 0.5) is 11.5 Å². The smallest absolute Gasteiger partial charge is 0.237 e. The number of anilines is 2. The summed E-state index contributed by atoms with van der Waals surface area (Å²) in [4.78, 5) is 29.4. The molecule has 0 atom stereocenters. The molecule has 0 spiro atoms. The highest BCUT2D eigenvalue weighted by molar-refractivity contribution is 7.19. The fraction of sp³-hybridized carbons (Fsp3) is 0.417. The molecule has 2 aromatic heterocycles. The molecule has 0 radical (unpaired) electrons. The van der Waals surface area contributed by atoms with Crippen LogP contribution in [0.25, 0.3) is 21.6 Å². The number of piperazine rings is 1. The summed E-state index contributed by atoms with van der Waals surface area (Å²) < 4.78 is 6.63. The van der Waals surface area contributed by atoms with Crippen molar-refractivity contribution in [2.75, 3.05) is 69.0 Å². The van der Waals surface area contributed by atoms with Crippen LogP contribution >= 0.6 is 22.9 Å². The number of carbonyl (C=O) groups is 1. The van der Waals surface area contributed by atoms with Crippen molar-refractivity contribution in [2.45, 2.75) is 6.54 Å². The second-order valence-electron chi connectivity index (χ2n) is 8.64. The van der Waals surface area contributed by atoms with Gasteiger partial charge in [0.2, 0.25) is 5.91 Å². The Balaban J connectivity index is 1.48. The van der Waals surface area contributed by atoms with E-state index in [1.165, 1.54) is 11.1 Å². The number of benzene rings is 1. The maximum Gasteiger partial charge on any atom is 0.237 e. The first-order chi connectivity index (χ1) is 17.1. The number of ether oxygens (including phenoxy) is 1. The summed E-state index contributed by atoms with van der Waals surface area (Å²) in [6, 6.07) is 7.71. The number of alkyl halides is 1. The topological polar surface area (TPSA) is 112 Å². The van der Waals surface area contributed by atoms with E-state index in [0.717, 1.165) is 54.3 Å². The highest BCUT2D eigenvalue weighted by Gasteiger charge is 2.24. The van der Waals surface area contributed by atoms with Crippen molar-refractivity contribution >= 4 is 56.8 Å². The average molecular weight is 514 g/mol. The summed E-state index contributed by atoms with van der Waals surface area (Å²) in [5.74, 6) is 1.51. The maximum atomic E-state index is 11.9. The van der Waals surface area contributed by atoms with Gasteiger partial charge in [0.25, 0.3) is 0 Å². The van der Waals surface area contributed by atoms with Gasteiger partial charge in [-0.25, -0.2) is 9.97 Å². The van der Waals surface area contributed by atoms with E-state index in [9.17, 15) is 4.79 Å². The first-order valence-corrected chi connectivity index (χ1v) is 13.0. The van der Waals surface area contributed by atoms with Crippen LogP contribution in [-0.2, 0) is 16.1 Å². The molecule has 0 aliphatic carbocycles. The first-order valence-electron chi connectivity index (χ1n) is 11.7. The SMILES string of the molecule is N=Cc1c(N)cccc1-c1nc(N2CCOCC2)c2sc(CN3CCN(C(=O)CCl)CC3)cc2n1. The normalized spacial score (nSPS) is 17.2. The Labute approximate surface area is 213 Å². The third-order valence-electron chi connectivity index (χ3n) is 6.46. The summed E-state index contributed by atoms with van der Waals surface area (Å²) in [7, 11) is 0. The fourth-order valence-electron chi connectivity index (χ4n) is 4.55. The molecule has 3 N–H and O–H groups in total. The molecule has 2 aliphatic heterocycles. The van der Waals surface area contributed by atoms with Crippen molar-refractivity contribution in [1.29, 1.82) is 5.41 Å². The Kier molecular flexibility index (Phi) is 7.14. The van der Waals surface area contributed by atoms with Gasteiger partial charge in [-0.05, 0) is 12.1 Å². The van der Waals surface area contributed by atoms with Crippen LogP contribution in [0.15, 0.2) is 24.3 Å². The van der Waals surface area contributed by atoms with Gasteiger partial charge in [-0.3, -0.25) is 9.69 Å². The molecule has 2 saturated heterocycles. The lowest BCUT2D eigenvalue weighted by Gasteiger charge is -2.34. The molecule has 5 rings (SSSR count). The number of fused-ring (bicyclic) bond motifs is 1. The molecule has 2 aliphatic rings. The van der Waals surface area contributed by atoms with E-state index in [0.29, 0.717) is 43.4 Å². The van der Waals surface area contributed by atoms with Gasteiger partial charge in [0.05, 0.1) is 23.4 Å². The molecular formula is C24H28ClN7O2S. The van der Waals surface area contributed by atoms with Crippen molar-refractivity contribution in [1.82, 2.24) is 19.8 Å². The minimum atomic E-state index is -0.00280. The zero-order chi connectivity index (χ0) is 24.4. The predicted octanol–water partition coefficient (Wildman–Crippen LogP) is 2.66. The highest BCUT2D eigenvalue weighted by Crippen LogP contribution is 2.36. The van der Waals surface area contributed by atoms with Gasteiger partial charge in [-0.15, -0.1) is 22.9 Å². The average Bonchev–Trinajstić information content (AvgIpc) is 3.30. The maximum absolute atomic E-state index is 11.9. The molecule has 2 fully saturated rings. The molecule has 1 amide bonds. The number of amides is 1. The third kappa shape index (κ3) is 4.97. The second-order valence-corrected chi connectivity index (χ2v) is 10.0. The van der Waals surface area contributed by atoms with E-state index in [1.54, 1.807) is 17.4 Å². The lowest BCUT2D eigenvalue weighted by atomic mass is 10.1. The van der Waals surface area contributed by atoms with Crippen molar-refractivity contribution in [3.05, 3.63) is 34.7 Å². The van der Waals surface area contributed by atoms with Gasteiger partial charge in [0.15, 0.2) is 11.6 Å². The van der Waals surface area contributed by atoms with E-state index in [-0.39, 0.29) is 11.8 Å². The number of morpholine rings is 1. The number of halogens is 1. The minimum absolute atomic E-state index is 0.00280. The van der Waals surface area contributed by atoms with Crippen LogP contribution in [-0.4, -0.2) is 90.3 Å². The molecule has 0 unspecified atom stereocenters. The number of nitrogen functional groups attached to an aromatic ring is 1. The van der Waals surface area contributed by atoms with Crippen LogP contribution in [0.5, 0.6) is 0 Å². The van der Waals surface area contributed by atoms with Crippen LogP contribution in [0.1, 0.15) is 10.4 Å². The number of hydrogen-bond acceptors (Lipinski definition) is 9. The molecule has 184 valence electrons. The van der Waals surface area contributed by atoms with Crippen LogP contribution in [0.2, 0.25) is 0 Å². The highest BCUT2D eigenvalue weighted by atomic mass is 35.5. The van der Waals surface area contributed by atoms with Crippen molar-refractivity contribution < 1.29 is 9.53 Å². The Morgan fingerprint density at radius 1 is 1.17 bits per heavy atom. The largest absolute Gasteiger partial charge is 0.398 e. The fourth-order valence-corrected chi connectivity index (χ4v) is 5.88. The summed E-state index contributed by atoms with van der Waals surface area (Å²) in [5.41, 5.74) is 8.95. The number of aromatic nitrogens is 2. The zero-order valence-electron chi connectivity index (χ0n) is 19.4. The van der Waals surface area contributed by atoms with Crippen LogP contribution in [0, 0.1) is 5.41 Å². The standard InChI is InChI=1S/C24H28ClN7O2S/c25-13-21(33)31-6-4-30(5-7-31)15-16-12-20-22(35-16)24(32-8-10-34-11-9-32)29-23(28-20)17-2-1-3-19(27)18(17)14-26/h1-3,12,14,26H,4-11,13,15,27H2. The Morgan fingerprint density at radius 2 is 1.94 bits per heavy atom. The summed E-state index contributed by atoms with van der Waals surface area (Å²) >= 11 is 7.43. The monoisotopic (exact) mass is 513 g/mol. The van der Waals surface area contributed by atoms with Crippen molar-refractivity contribution in [2.24, 2.45) is 0 Å². The number of nitrogens with two attached hydrogens (primary N) is 1. The van der Waals surface area contributed by atoms with Gasteiger partial charge in [0.1, 0.15) is 5.88 Å². The Bertz CT molecular complexity index is 1240. The number of carbonyl (C=O) groups excluding carboxylic acids is 1. The first kappa shape index (κ1) is 23.9. The number of nitrogens with one attached hydrogen (secondary N) is 1. The lowest BCUT2D eigenvalue weighted by Crippen LogP contribution is -2.48. The summed E-state index contributed by atoms with van der Waals surface area (Å²) in [6.07, 6.45) is 1.26. The van der Waals surface area contributed by atoms with E-state index >= 15 is 0 Å². The summed E-state index contributed by atoms with van der Waals surface area (Å²) in [6.45, 7) is 6.68. The van der Waals surface area contributed by atoms with Gasteiger partial charge in [0, 0.05) is 73.7 Å². The van der Waals surface area contributed by atoms with Crippen LogP contribution in [0.3, 0.4) is 0 Å². The number of rotatable bonds is 6. The second kappa shape index (κ2) is 10.4. The molecule has 4 heterocycles. The Morgan fingerprint density at radius 3 is 2.66 bits per heavy atom. The molecule has 0 bridgehead atoms. The number of thiophene rings is 1. The van der Waals surface area contributed by atoms with Gasteiger partial charge in [-0.1, -0.05) is 12.1 Å². The molecule has 35 heavy (non-hydrogen) atoms. The van der Waals surface area contributed by atoms with E-state index in [4.69, 9.17) is 37.4 Å². The minimum Gasteiger partial charge on any atom is -0.398 e. The number of nitrogens with zero attached hydrogens (tertiary/aromatic N) is 5. The van der Waals surface area contributed by atoms with Crippen LogP contribution < -0.4 is 10.6 Å². The van der Waals surface area contributed by atoms with Gasteiger partial charge < -0.3 is 25.7 Å². The molecular weight excluding hydrogens is 486 g/mol. The van der Waals surface area contributed by atoms with Crippen molar-refractivity contribution in [3.8, 4) is 11.4 Å². The molecule has 9 nitrogen and oxygen atoms in total. The third-order valence-corrected chi connectivity index (χ3v) is 7.79. The lowest BCUT2D eigenvalue weighted by molar-refractivity contribution is -0.130. The molecule has 11 heteroatoms.